The van der Waals surface area contributed by atoms with Crippen LogP contribution in [0.2, 0.25) is 0 Å². The highest BCUT2D eigenvalue weighted by Crippen LogP contribution is 2.34. The van der Waals surface area contributed by atoms with Crippen molar-refractivity contribution in [3.63, 3.8) is 0 Å². The number of fused-ring (bicyclic) bond motifs is 2. The quantitative estimate of drug-likeness (QED) is 0.446. The Bertz CT molecular complexity index is 805. The summed E-state index contributed by atoms with van der Waals surface area (Å²) in [5.41, 5.74) is 2.17. The van der Waals surface area contributed by atoms with Crippen molar-refractivity contribution in [1.29, 1.82) is 0 Å². The van der Waals surface area contributed by atoms with Gasteiger partial charge in [0.1, 0.15) is 5.58 Å². The summed E-state index contributed by atoms with van der Waals surface area (Å²) in [6, 6.07) is 19.1. The third kappa shape index (κ3) is 1.46. The maximum atomic E-state index is 5.46. The van der Waals surface area contributed by atoms with Crippen LogP contribution in [-0.4, -0.2) is 0 Å². The van der Waals surface area contributed by atoms with Gasteiger partial charge in [-0.1, -0.05) is 30.3 Å². The van der Waals surface area contributed by atoms with Crippen molar-refractivity contribution in [2.45, 2.75) is 0 Å². The molecule has 86 valence electrons. The van der Waals surface area contributed by atoms with E-state index in [1.165, 1.54) is 20.5 Å². The van der Waals surface area contributed by atoms with Crippen molar-refractivity contribution in [3.8, 4) is 10.4 Å². The second kappa shape index (κ2) is 3.72. The van der Waals surface area contributed by atoms with Crippen LogP contribution in [0.1, 0.15) is 0 Å². The molecule has 0 atom stereocenters. The molecule has 2 aromatic heterocycles. The van der Waals surface area contributed by atoms with Gasteiger partial charge in [-0.2, -0.15) is 0 Å². The fourth-order valence-electron chi connectivity index (χ4n) is 2.23. The molecular formula is C16H10OS. The molecule has 0 aliphatic carbocycles. The summed E-state index contributed by atoms with van der Waals surface area (Å²) < 4.78 is 6.78. The molecule has 2 aromatic carbocycles. The van der Waals surface area contributed by atoms with Gasteiger partial charge >= 0.3 is 0 Å². The van der Waals surface area contributed by atoms with E-state index in [1.807, 2.05) is 17.4 Å². The smallest absolute Gasteiger partial charge is 0.134 e. The lowest BCUT2D eigenvalue weighted by Crippen LogP contribution is -1.70. The molecule has 0 amide bonds. The van der Waals surface area contributed by atoms with Crippen molar-refractivity contribution >= 4 is 32.4 Å². The second-order valence-electron chi connectivity index (χ2n) is 4.32. The Balaban J connectivity index is 1.94. The molecule has 18 heavy (non-hydrogen) atoms. The average molecular weight is 250 g/mol. The minimum absolute atomic E-state index is 0.949. The van der Waals surface area contributed by atoms with Gasteiger partial charge in [-0.25, -0.2) is 0 Å². The van der Waals surface area contributed by atoms with E-state index in [2.05, 4.69) is 48.5 Å². The van der Waals surface area contributed by atoms with Crippen LogP contribution in [0.4, 0.5) is 0 Å². The largest absolute Gasteiger partial charge is 0.464 e. The molecule has 0 saturated heterocycles. The van der Waals surface area contributed by atoms with Crippen molar-refractivity contribution in [1.82, 2.24) is 0 Å². The number of furan rings is 1. The fraction of sp³-hybridized carbons (Fsp3) is 0. The maximum Gasteiger partial charge on any atom is 0.134 e. The van der Waals surface area contributed by atoms with E-state index >= 15 is 0 Å². The van der Waals surface area contributed by atoms with Crippen LogP contribution in [0.25, 0.3) is 31.5 Å². The van der Waals surface area contributed by atoms with E-state index < -0.39 is 0 Å². The molecule has 0 saturated carbocycles. The molecular weight excluding hydrogens is 240 g/mol. The Morgan fingerprint density at radius 2 is 1.78 bits per heavy atom. The van der Waals surface area contributed by atoms with Gasteiger partial charge in [0, 0.05) is 15.0 Å². The molecule has 0 N–H and O–H groups in total. The fourth-order valence-corrected chi connectivity index (χ4v) is 3.29. The summed E-state index contributed by atoms with van der Waals surface area (Å²) in [5.74, 6) is 0. The van der Waals surface area contributed by atoms with Crippen molar-refractivity contribution < 1.29 is 4.42 Å². The van der Waals surface area contributed by atoms with Gasteiger partial charge in [0.05, 0.1) is 6.26 Å². The monoisotopic (exact) mass is 250 g/mol. The van der Waals surface area contributed by atoms with Gasteiger partial charge in [-0.15, -0.1) is 11.3 Å². The van der Waals surface area contributed by atoms with Gasteiger partial charge in [-0.3, -0.25) is 0 Å². The zero-order chi connectivity index (χ0) is 11.9. The Morgan fingerprint density at radius 3 is 2.72 bits per heavy atom. The molecule has 0 aliphatic heterocycles. The normalized spacial score (nSPS) is 11.3. The lowest BCUT2D eigenvalue weighted by molar-refractivity contribution is 0.616. The zero-order valence-corrected chi connectivity index (χ0v) is 10.4. The predicted molar refractivity (Wildman–Crippen MR) is 77.0 cm³/mol. The van der Waals surface area contributed by atoms with Gasteiger partial charge in [0.25, 0.3) is 0 Å². The summed E-state index contributed by atoms with van der Waals surface area (Å²) >= 11 is 1.82. The summed E-state index contributed by atoms with van der Waals surface area (Å²) in [7, 11) is 0. The highest BCUT2D eigenvalue weighted by Gasteiger charge is 2.05. The number of hydrogen-bond acceptors (Lipinski definition) is 2. The van der Waals surface area contributed by atoms with E-state index in [0.29, 0.717) is 0 Å². The molecule has 2 heteroatoms. The predicted octanol–water partition coefficient (Wildman–Crippen LogP) is 5.31. The topological polar surface area (TPSA) is 13.1 Å². The van der Waals surface area contributed by atoms with Crippen LogP contribution >= 0.6 is 11.3 Å². The van der Waals surface area contributed by atoms with E-state index in [9.17, 15) is 0 Å². The first-order valence-corrected chi connectivity index (χ1v) is 6.68. The number of hydrogen-bond donors (Lipinski definition) is 0. The Morgan fingerprint density at radius 1 is 0.833 bits per heavy atom. The number of benzene rings is 2. The summed E-state index contributed by atoms with van der Waals surface area (Å²) in [6.07, 6.45) is 1.74. The van der Waals surface area contributed by atoms with Crippen LogP contribution in [0.5, 0.6) is 0 Å². The van der Waals surface area contributed by atoms with Crippen LogP contribution in [0, 0.1) is 0 Å². The molecule has 4 aromatic rings. The molecule has 4 rings (SSSR count). The van der Waals surface area contributed by atoms with Gasteiger partial charge in [-0.05, 0) is 35.2 Å². The minimum atomic E-state index is 0.949. The standard InChI is InChI=1S/C16H10OS/c1-2-4-15-12(3-1)10-16(18-15)13-6-5-11-7-8-17-14(11)9-13/h1-10H. The molecule has 1 nitrogen and oxygen atoms in total. The van der Waals surface area contributed by atoms with Crippen molar-refractivity contribution in [3.05, 3.63) is 60.9 Å². The van der Waals surface area contributed by atoms with Crippen LogP contribution < -0.4 is 0 Å². The van der Waals surface area contributed by atoms with E-state index in [-0.39, 0.29) is 0 Å². The Kier molecular flexibility index (Phi) is 2.05. The van der Waals surface area contributed by atoms with E-state index in [4.69, 9.17) is 4.42 Å². The first-order chi connectivity index (χ1) is 8.90. The first-order valence-electron chi connectivity index (χ1n) is 5.86. The van der Waals surface area contributed by atoms with Gasteiger partial charge in [0.15, 0.2) is 0 Å². The molecule has 0 aliphatic rings. The second-order valence-corrected chi connectivity index (χ2v) is 5.41. The van der Waals surface area contributed by atoms with Gasteiger partial charge in [0.2, 0.25) is 0 Å². The number of thiophene rings is 1. The summed E-state index contributed by atoms with van der Waals surface area (Å²) in [6.45, 7) is 0. The van der Waals surface area contributed by atoms with Crippen molar-refractivity contribution in [2.75, 3.05) is 0 Å². The molecule has 2 heterocycles. The molecule has 0 unspecified atom stereocenters. The Labute approximate surface area is 108 Å². The third-order valence-electron chi connectivity index (χ3n) is 3.17. The lowest BCUT2D eigenvalue weighted by atomic mass is 10.1. The van der Waals surface area contributed by atoms with E-state index in [0.717, 1.165) is 11.0 Å². The SMILES string of the molecule is c1ccc2sc(-c3ccc4ccoc4c3)cc2c1. The van der Waals surface area contributed by atoms with Crippen LogP contribution in [0.15, 0.2) is 65.3 Å². The first kappa shape index (κ1) is 9.92. The highest BCUT2D eigenvalue weighted by atomic mass is 32.1. The highest BCUT2D eigenvalue weighted by molar-refractivity contribution is 7.22. The third-order valence-corrected chi connectivity index (χ3v) is 4.33. The van der Waals surface area contributed by atoms with Crippen LogP contribution in [0.3, 0.4) is 0 Å². The maximum absolute atomic E-state index is 5.46. The minimum Gasteiger partial charge on any atom is -0.464 e. The summed E-state index contributed by atoms with van der Waals surface area (Å²) in [4.78, 5) is 1.29. The molecule has 0 bridgehead atoms. The lowest BCUT2D eigenvalue weighted by Gasteiger charge is -1.96. The van der Waals surface area contributed by atoms with Crippen LogP contribution in [-0.2, 0) is 0 Å². The Hall–Kier alpha value is -2.06. The number of rotatable bonds is 1. The average Bonchev–Trinajstić information content (AvgIpc) is 3.04. The van der Waals surface area contributed by atoms with Gasteiger partial charge < -0.3 is 4.42 Å². The summed E-state index contributed by atoms with van der Waals surface area (Å²) in [5, 5.41) is 2.46. The molecule has 0 spiro atoms. The molecule has 0 radical (unpaired) electrons. The van der Waals surface area contributed by atoms with E-state index in [1.54, 1.807) is 6.26 Å². The molecule has 0 fully saturated rings. The zero-order valence-electron chi connectivity index (χ0n) is 9.59. The van der Waals surface area contributed by atoms with Crippen molar-refractivity contribution in [2.24, 2.45) is 0 Å².